The Morgan fingerprint density at radius 2 is 1.85 bits per heavy atom. The van der Waals surface area contributed by atoms with Crippen molar-refractivity contribution in [1.29, 1.82) is 0 Å². The normalized spacial score (nSPS) is 16.7. The number of anilines is 1. The predicted molar refractivity (Wildman–Crippen MR) is 117 cm³/mol. The highest BCUT2D eigenvalue weighted by atomic mass is 35.5. The van der Waals surface area contributed by atoms with E-state index in [0.717, 1.165) is 29.3 Å². The maximum absolute atomic E-state index is 14.4. The SMILES string of the molecule is C=C(CCC1C(=O)N(c2ncc(Cl)cc2F)CC(=O)N1Cc1ccc(C(F)(F)F)cc1)C(=O)Cl. The molecule has 1 fully saturated rings. The van der Waals surface area contributed by atoms with Crippen molar-refractivity contribution in [2.24, 2.45) is 0 Å². The van der Waals surface area contributed by atoms with Gasteiger partial charge in [-0.15, -0.1) is 0 Å². The van der Waals surface area contributed by atoms with Gasteiger partial charge in [0.15, 0.2) is 11.6 Å². The molecule has 2 heterocycles. The zero-order valence-corrected chi connectivity index (χ0v) is 18.9. The third-order valence-corrected chi connectivity index (χ3v) is 5.69. The maximum atomic E-state index is 14.4. The second-order valence-corrected chi connectivity index (χ2v) is 8.31. The minimum atomic E-state index is -4.53. The molecule has 3 rings (SSSR count). The second kappa shape index (κ2) is 10.1. The minimum Gasteiger partial charge on any atom is -0.325 e. The molecule has 0 spiro atoms. The van der Waals surface area contributed by atoms with Gasteiger partial charge < -0.3 is 4.90 Å². The summed E-state index contributed by atoms with van der Waals surface area (Å²) in [5, 5.41) is -0.819. The lowest BCUT2D eigenvalue weighted by molar-refractivity contribution is -0.144. The quantitative estimate of drug-likeness (QED) is 0.302. The smallest absolute Gasteiger partial charge is 0.325 e. The number of benzene rings is 1. The van der Waals surface area contributed by atoms with Crippen molar-refractivity contribution in [2.75, 3.05) is 11.4 Å². The molecule has 34 heavy (non-hydrogen) atoms. The highest BCUT2D eigenvalue weighted by molar-refractivity contribution is 6.67. The Hall–Kier alpha value is -2.98. The van der Waals surface area contributed by atoms with Crippen molar-refractivity contribution >= 4 is 46.1 Å². The highest BCUT2D eigenvalue weighted by Crippen LogP contribution is 2.31. The topological polar surface area (TPSA) is 70.6 Å². The first-order valence-corrected chi connectivity index (χ1v) is 10.6. The molecule has 0 saturated carbocycles. The van der Waals surface area contributed by atoms with Crippen molar-refractivity contribution in [3.63, 3.8) is 0 Å². The minimum absolute atomic E-state index is 0.00400. The molecule has 0 bridgehead atoms. The summed E-state index contributed by atoms with van der Waals surface area (Å²) in [6, 6.07) is 3.91. The average Bonchev–Trinajstić information content (AvgIpc) is 2.75. The Morgan fingerprint density at radius 3 is 2.41 bits per heavy atom. The largest absolute Gasteiger partial charge is 0.416 e. The van der Waals surface area contributed by atoms with E-state index >= 15 is 0 Å². The number of hydrogen-bond donors (Lipinski definition) is 0. The van der Waals surface area contributed by atoms with Gasteiger partial charge in [0.25, 0.3) is 5.91 Å². The summed E-state index contributed by atoms with van der Waals surface area (Å²) in [6.07, 6.45) is -3.52. The summed E-state index contributed by atoms with van der Waals surface area (Å²) in [4.78, 5) is 43.4. The summed E-state index contributed by atoms with van der Waals surface area (Å²) < 4.78 is 53.0. The van der Waals surface area contributed by atoms with E-state index in [-0.39, 0.29) is 30.0 Å². The summed E-state index contributed by atoms with van der Waals surface area (Å²) in [7, 11) is 0. The third kappa shape index (κ3) is 5.74. The van der Waals surface area contributed by atoms with Gasteiger partial charge in [-0.3, -0.25) is 19.3 Å². The van der Waals surface area contributed by atoms with Gasteiger partial charge in [0.05, 0.1) is 10.6 Å². The zero-order valence-electron chi connectivity index (χ0n) is 17.4. The van der Waals surface area contributed by atoms with Crippen LogP contribution in [0.25, 0.3) is 0 Å². The van der Waals surface area contributed by atoms with Gasteiger partial charge in [0, 0.05) is 18.3 Å². The van der Waals surface area contributed by atoms with E-state index in [1.165, 1.54) is 17.0 Å². The molecule has 1 atom stereocenters. The van der Waals surface area contributed by atoms with Gasteiger partial charge in [0.1, 0.15) is 12.6 Å². The van der Waals surface area contributed by atoms with Crippen molar-refractivity contribution in [1.82, 2.24) is 9.88 Å². The number of pyridine rings is 1. The number of piperazine rings is 1. The molecule has 1 aliphatic heterocycles. The molecule has 1 aromatic heterocycles. The Bertz CT molecular complexity index is 1140. The number of aromatic nitrogens is 1. The van der Waals surface area contributed by atoms with E-state index in [4.69, 9.17) is 23.2 Å². The highest BCUT2D eigenvalue weighted by Gasteiger charge is 2.41. The molecule has 6 nitrogen and oxygen atoms in total. The number of amides is 2. The molecule has 1 aromatic carbocycles. The standard InChI is InChI=1S/C22H17Cl2F4N3O3/c1-12(19(24)33)2-7-17-21(34)31(20-16(25)8-15(23)9-29-20)11-18(32)30(17)10-13-3-5-14(6-4-13)22(26,27)28/h3-6,8-9,17H,1-2,7,10-11H2. The number of carbonyl (C=O) groups is 3. The van der Waals surface area contributed by atoms with Crippen LogP contribution < -0.4 is 4.90 Å². The Balaban J connectivity index is 1.91. The van der Waals surface area contributed by atoms with Crippen LogP contribution in [0.5, 0.6) is 0 Å². The van der Waals surface area contributed by atoms with Crippen LogP contribution in [0.1, 0.15) is 24.0 Å². The second-order valence-electron chi connectivity index (χ2n) is 7.53. The van der Waals surface area contributed by atoms with Crippen LogP contribution in [0.2, 0.25) is 5.02 Å². The summed E-state index contributed by atoms with van der Waals surface area (Å²) in [5.74, 6) is -2.59. The zero-order chi connectivity index (χ0) is 25.2. The fourth-order valence-corrected chi connectivity index (χ4v) is 3.70. The molecule has 1 aliphatic rings. The van der Waals surface area contributed by atoms with Crippen LogP contribution in [-0.4, -0.2) is 39.5 Å². The number of rotatable bonds is 7. The van der Waals surface area contributed by atoms with Crippen LogP contribution in [-0.2, 0) is 27.1 Å². The van der Waals surface area contributed by atoms with E-state index in [0.29, 0.717) is 5.56 Å². The Labute approximate surface area is 201 Å². The number of carbonyl (C=O) groups excluding carboxylic acids is 3. The van der Waals surface area contributed by atoms with Gasteiger partial charge in [-0.1, -0.05) is 30.3 Å². The third-order valence-electron chi connectivity index (χ3n) is 5.22. The van der Waals surface area contributed by atoms with Gasteiger partial charge in [-0.25, -0.2) is 9.37 Å². The lowest BCUT2D eigenvalue weighted by atomic mass is 10.0. The van der Waals surface area contributed by atoms with Crippen LogP contribution >= 0.6 is 23.2 Å². The molecule has 1 saturated heterocycles. The number of allylic oxidation sites excluding steroid dienone is 1. The van der Waals surface area contributed by atoms with Crippen LogP contribution in [0.15, 0.2) is 48.7 Å². The fraction of sp³-hybridized carbons (Fsp3) is 0.273. The van der Waals surface area contributed by atoms with Crippen molar-refractivity contribution in [3.8, 4) is 0 Å². The van der Waals surface area contributed by atoms with Crippen molar-refractivity contribution in [2.45, 2.75) is 31.6 Å². The van der Waals surface area contributed by atoms with Gasteiger partial charge >= 0.3 is 6.18 Å². The maximum Gasteiger partial charge on any atom is 0.416 e. The number of nitrogens with zero attached hydrogens (tertiary/aromatic N) is 3. The monoisotopic (exact) mass is 517 g/mol. The molecule has 2 aromatic rings. The molecule has 0 N–H and O–H groups in total. The lowest BCUT2D eigenvalue weighted by Crippen LogP contribution is -2.60. The van der Waals surface area contributed by atoms with Crippen LogP contribution in [0.3, 0.4) is 0 Å². The fourth-order valence-electron chi connectivity index (χ4n) is 3.46. The van der Waals surface area contributed by atoms with Crippen LogP contribution in [0.4, 0.5) is 23.4 Å². The van der Waals surface area contributed by atoms with E-state index < -0.39 is 53.0 Å². The lowest BCUT2D eigenvalue weighted by Gasteiger charge is -2.40. The predicted octanol–water partition coefficient (Wildman–Crippen LogP) is 4.74. The first-order chi connectivity index (χ1) is 15.9. The van der Waals surface area contributed by atoms with Gasteiger partial charge in [-0.05, 0) is 48.2 Å². The molecule has 12 heteroatoms. The summed E-state index contributed by atoms with van der Waals surface area (Å²) in [6.45, 7) is 2.80. The molecular formula is C22H17Cl2F4N3O3. The van der Waals surface area contributed by atoms with E-state index in [2.05, 4.69) is 11.6 Å². The Morgan fingerprint density at radius 1 is 1.21 bits per heavy atom. The van der Waals surface area contributed by atoms with Gasteiger partial charge in [0.2, 0.25) is 11.1 Å². The molecule has 180 valence electrons. The molecule has 0 aliphatic carbocycles. The average molecular weight is 518 g/mol. The van der Waals surface area contributed by atoms with Gasteiger partial charge in [-0.2, -0.15) is 13.2 Å². The number of halogens is 6. The number of alkyl halides is 3. The van der Waals surface area contributed by atoms with Crippen molar-refractivity contribution < 1.29 is 31.9 Å². The molecular weight excluding hydrogens is 501 g/mol. The Kier molecular flexibility index (Phi) is 7.62. The molecule has 1 unspecified atom stereocenters. The number of hydrogen-bond acceptors (Lipinski definition) is 4. The first kappa shape index (κ1) is 25.6. The van der Waals surface area contributed by atoms with Crippen LogP contribution in [0, 0.1) is 5.82 Å². The first-order valence-electron chi connectivity index (χ1n) is 9.84. The van der Waals surface area contributed by atoms with Crippen molar-refractivity contribution in [3.05, 3.63) is 70.6 Å². The van der Waals surface area contributed by atoms with E-state index in [9.17, 15) is 31.9 Å². The van der Waals surface area contributed by atoms with E-state index in [1.807, 2.05) is 0 Å². The van der Waals surface area contributed by atoms with E-state index in [1.54, 1.807) is 0 Å². The summed E-state index contributed by atoms with van der Waals surface area (Å²) >= 11 is 11.1. The molecule has 2 amide bonds. The molecule has 0 radical (unpaired) electrons. The summed E-state index contributed by atoms with van der Waals surface area (Å²) in [5.41, 5.74) is -0.513.